The molecule has 20 heavy (non-hydrogen) atoms. The molecule has 0 fully saturated rings. The SMILES string of the molecule is CC1C(=O)c2oc(C(C)(C)C)cc2C1c1ccccc1. The van der Waals surface area contributed by atoms with Crippen LogP contribution in [0, 0.1) is 5.92 Å². The first kappa shape index (κ1) is 13.2. The van der Waals surface area contributed by atoms with Gasteiger partial charge < -0.3 is 4.42 Å². The highest BCUT2D eigenvalue weighted by molar-refractivity contribution is 6.01. The summed E-state index contributed by atoms with van der Waals surface area (Å²) in [5.41, 5.74) is 2.17. The maximum absolute atomic E-state index is 12.4. The third kappa shape index (κ3) is 1.91. The van der Waals surface area contributed by atoms with Crippen LogP contribution in [0.3, 0.4) is 0 Å². The van der Waals surface area contributed by atoms with Crippen LogP contribution in [0.4, 0.5) is 0 Å². The molecule has 0 N–H and O–H groups in total. The molecule has 1 aromatic carbocycles. The Morgan fingerprint density at radius 2 is 1.75 bits per heavy atom. The molecule has 1 aliphatic rings. The molecule has 0 amide bonds. The molecule has 2 aromatic rings. The van der Waals surface area contributed by atoms with Crippen molar-refractivity contribution in [1.82, 2.24) is 0 Å². The van der Waals surface area contributed by atoms with E-state index < -0.39 is 0 Å². The number of hydrogen-bond acceptors (Lipinski definition) is 2. The molecule has 2 heteroatoms. The summed E-state index contributed by atoms with van der Waals surface area (Å²) in [7, 11) is 0. The molecule has 1 aliphatic carbocycles. The molecular formula is C18H20O2. The van der Waals surface area contributed by atoms with Crippen LogP contribution >= 0.6 is 0 Å². The van der Waals surface area contributed by atoms with Crippen LogP contribution in [0.2, 0.25) is 0 Å². The number of ketones is 1. The Morgan fingerprint density at radius 3 is 2.35 bits per heavy atom. The van der Waals surface area contributed by atoms with Gasteiger partial charge in [-0.3, -0.25) is 4.79 Å². The lowest BCUT2D eigenvalue weighted by Gasteiger charge is -2.17. The van der Waals surface area contributed by atoms with Gasteiger partial charge in [0.05, 0.1) is 0 Å². The van der Waals surface area contributed by atoms with E-state index in [1.54, 1.807) is 0 Å². The molecule has 1 aromatic heterocycles. The van der Waals surface area contributed by atoms with Crippen molar-refractivity contribution in [3.63, 3.8) is 0 Å². The van der Waals surface area contributed by atoms with Gasteiger partial charge in [-0.05, 0) is 11.6 Å². The summed E-state index contributed by atoms with van der Waals surface area (Å²) in [6.07, 6.45) is 0. The minimum Gasteiger partial charge on any atom is -0.457 e. The van der Waals surface area contributed by atoms with Crippen LogP contribution in [0.1, 0.15) is 61.1 Å². The Bertz CT molecular complexity index is 644. The van der Waals surface area contributed by atoms with Crippen molar-refractivity contribution in [2.45, 2.75) is 39.0 Å². The maximum atomic E-state index is 12.4. The number of fused-ring (bicyclic) bond motifs is 1. The molecular weight excluding hydrogens is 248 g/mol. The van der Waals surface area contributed by atoms with E-state index in [4.69, 9.17) is 4.42 Å². The van der Waals surface area contributed by atoms with Gasteiger partial charge in [0.2, 0.25) is 5.78 Å². The Morgan fingerprint density at radius 1 is 1.10 bits per heavy atom. The summed E-state index contributed by atoms with van der Waals surface area (Å²) in [5, 5.41) is 0. The first-order valence-electron chi connectivity index (χ1n) is 7.13. The van der Waals surface area contributed by atoms with Gasteiger partial charge in [0.1, 0.15) is 5.76 Å². The zero-order valence-electron chi connectivity index (χ0n) is 12.4. The van der Waals surface area contributed by atoms with Crippen LogP contribution in [-0.2, 0) is 5.41 Å². The van der Waals surface area contributed by atoms with Crippen LogP contribution in [0.25, 0.3) is 0 Å². The Hall–Kier alpha value is -1.83. The van der Waals surface area contributed by atoms with Crippen molar-refractivity contribution in [2.24, 2.45) is 5.92 Å². The van der Waals surface area contributed by atoms with E-state index in [1.807, 2.05) is 25.1 Å². The number of rotatable bonds is 1. The van der Waals surface area contributed by atoms with E-state index in [1.165, 1.54) is 5.56 Å². The van der Waals surface area contributed by atoms with Crippen molar-refractivity contribution < 1.29 is 9.21 Å². The minimum atomic E-state index is -0.0743. The number of benzene rings is 1. The number of hydrogen-bond donors (Lipinski definition) is 0. The fourth-order valence-corrected chi connectivity index (χ4v) is 2.95. The van der Waals surface area contributed by atoms with E-state index in [0.29, 0.717) is 5.76 Å². The van der Waals surface area contributed by atoms with E-state index in [2.05, 4.69) is 39.0 Å². The molecule has 0 bridgehead atoms. The quantitative estimate of drug-likeness (QED) is 0.760. The number of furan rings is 1. The van der Waals surface area contributed by atoms with Gasteiger partial charge in [0, 0.05) is 22.8 Å². The Kier molecular flexibility index (Phi) is 2.86. The number of Topliss-reactive ketones (excluding diaryl/α,β-unsaturated/α-hetero) is 1. The predicted molar refractivity (Wildman–Crippen MR) is 79.2 cm³/mol. The lowest BCUT2D eigenvalue weighted by molar-refractivity contribution is 0.0911. The third-order valence-electron chi connectivity index (χ3n) is 4.13. The summed E-state index contributed by atoms with van der Waals surface area (Å²) in [4.78, 5) is 12.4. The molecule has 1 heterocycles. The summed E-state index contributed by atoms with van der Waals surface area (Å²) in [5.74, 6) is 1.67. The molecule has 3 rings (SSSR count). The fourth-order valence-electron chi connectivity index (χ4n) is 2.95. The minimum absolute atomic E-state index is 0.0415. The molecule has 0 saturated carbocycles. The van der Waals surface area contributed by atoms with Gasteiger partial charge in [-0.15, -0.1) is 0 Å². The average Bonchev–Trinajstić information content (AvgIpc) is 2.92. The normalized spacial score (nSPS) is 22.1. The van der Waals surface area contributed by atoms with Crippen LogP contribution in [-0.4, -0.2) is 5.78 Å². The molecule has 0 aliphatic heterocycles. The van der Waals surface area contributed by atoms with Gasteiger partial charge >= 0.3 is 0 Å². The van der Waals surface area contributed by atoms with E-state index in [-0.39, 0.29) is 23.0 Å². The van der Waals surface area contributed by atoms with Crippen LogP contribution in [0.15, 0.2) is 40.8 Å². The molecule has 2 nitrogen and oxygen atoms in total. The zero-order chi connectivity index (χ0) is 14.5. The highest BCUT2D eigenvalue weighted by Crippen LogP contribution is 2.45. The van der Waals surface area contributed by atoms with Crippen molar-refractivity contribution in [3.05, 3.63) is 59.0 Å². The first-order chi connectivity index (χ1) is 9.39. The predicted octanol–water partition coefficient (Wildman–Crippen LogP) is 4.54. The first-order valence-corrected chi connectivity index (χ1v) is 7.13. The summed E-state index contributed by atoms with van der Waals surface area (Å²) in [6, 6.07) is 12.3. The monoisotopic (exact) mass is 268 g/mol. The van der Waals surface area contributed by atoms with Gasteiger partial charge in [-0.1, -0.05) is 58.0 Å². The molecule has 0 saturated heterocycles. The fraction of sp³-hybridized carbons (Fsp3) is 0.389. The van der Waals surface area contributed by atoms with Crippen LogP contribution in [0.5, 0.6) is 0 Å². The molecule has 104 valence electrons. The molecule has 0 spiro atoms. The second kappa shape index (κ2) is 4.34. The van der Waals surface area contributed by atoms with E-state index in [9.17, 15) is 4.79 Å². The van der Waals surface area contributed by atoms with Gasteiger partial charge in [-0.25, -0.2) is 0 Å². The smallest absolute Gasteiger partial charge is 0.202 e. The summed E-state index contributed by atoms with van der Waals surface area (Å²) >= 11 is 0. The van der Waals surface area contributed by atoms with Gasteiger partial charge in [-0.2, -0.15) is 0 Å². The Labute approximate surface area is 119 Å². The standard InChI is InChI=1S/C18H20O2/c1-11-15(12-8-6-5-7-9-12)13-10-14(18(2,3)4)20-17(13)16(11)19/h5-11,15H,1-4H3. The Balaban J connectivity index is 2.12. The topological polar surface area (TPSA) is 30.2 Å². The molecule has 0 radical (unpaired) electrons. The lowest BCUT2D eigenvalue weighted by atomic mass is 9.85. The highest BCUT2D eigenvalue weighted by atomic mass is 16.4. The van der Waals surface area contributed by atoms with E-state index in [0.717, 1.165) is 11.3 Å². The third-order valence-corrected chi connectivity index (χ3v) is 4.13. The van der Waals surface area contributed by atoms with E-state index >= 15 is 0 Å². The second-order valence-corrected chi connectivity index (χ2v) is 6.69. The zero-order valence-corrected chi connectivity index (χ0v) is 12.4. The average molecular weight is 268 g/mol. The summed E-state index contributed by atoms with van der Waals surface area (Å²) in [6.45, 7) is 8.30. The highest BCUT2D eigenvalue weighted by Gasteiger charge is 2.42. The molecule has 2 atom stereocenters. The maximum Gasteiger partial charge on any atom is 0.202 e. The number of carbonyl (C=O) groups is 1. The van der Waals surface area contributed by atoms with Crippen molar-refractivity contribution in [1.29, 1.82) is 0 Å². The van der Waals surface area contributed by atoms with Crippen molar-refractivity contribution in [2.75, 3.05) is 0 Å². The molecule has 2 unspecified atom stereocenters. The van der Waals surface area contributed by atoms with Crippen molar-refractivity contribution in [3.8, 4) is 0 Å². The van der Waals surface area contributed by atoms with Gasteiger partial charge in [0.25, 0.3) is 0 Å². The van der Waals surface area contributed by atoms with Gasteiger partial charge in [0.15, 0.2) is 5.76 Å². The number of carbonyl (C=O) groups excluding carboxylic acids is 1. The second-order valence-electron chi connectivity index (χ2n) is 6.69. The lowest BCUT2D eigenvalue weighted by Crippen LogP contribution is -2.13. The largest absolute Gasteiger partial charge is 0.457 e. The summed E-state index contributed by atoms with van der Waals surface area (Å²) < 4.78 is 5.88. The van der Waals surface area contributed by atoms with Crippen molar-refractivity contribution >= 4 is 5.78 Å². The van der Waals surface area contributed by atoms with Crippen LogP contribution < -0.4 is 0 Å².